The van der Waals surface area contributed by atoms with Gasteiger partial charge in [0.1, 0.15) is 5.69 Å². The second-order valence-electron chi connectivity index (χ2n) is 5.53. The van der Waals surface area contributed by atoms with Gasteiger partial charge in [-0.05, 0) is 44.6 Å². The number of ether oxygens (including phenoxy) is 1. The van der Waals surface area contributed by atoms with Crippen LogP contribution in [0, 0.1) is 12.8 Å². The van der Waals surface area contributed by atoms with Gasteiger partial charge in [-0.15, -0.1) is 11.8 Å². The van der Waals surface area contributed by atoms with Crippen molar-refractivity contribution in [2.75, 3.05) is 7.11 Å². The molecule has 3 nitrogen and oxygen atoms in total. The molecule has 0 spiro atoms. The van der Waals surface area contributed by atoms with Gasteiger partial charge in [-0.2, -0.15) is 0 Å². The maximum atomic E-state index is 11.7. The Morgan fingerprint density at radius 2 is 2.00 bits per heavy atom. The number of methoxy groups -OCH3 is 1. The van der Waals surface area contributed by atoms with Crippen LogP contribution >= 0.6 is 11.8 Å². The van der Waals surface area contributed by atoms with Gasteiger partial charge in [-0.3, -0.25) is 0 Å². The Kier molecular flexibility index (Phi) is 4.61. The fourth-order valence-corrected chi connectivity index (χ4v) is 3.97. The Bertz CT molecular complexity index is 459. The molecule has 0 bridgehead atoms. The smallest absolute Gasteiger partial charge is 0.354 e. The predicted octanol–water partition coefficient (Wildman–Crippen LogP) is 3.79. The first-order chi connectivity index (χ1) is 9.02. The van der Waals surface area contributed by atoms with Gasteiger partial charge < -0.3 is 9.30 Å². The van der Waals surface area contributed by atoms with E-state index in [9.17, 15) is 4.79 Å². The fourth-order valence-electron chi connectivity index (χ4n) is 2.62. The van der Waals surface area contributed by atoms with Crippen molar-refractivity contribution in [3.8, 4) is 0 Å². The lowest BCUT2D eigenvalue weighted by Crippen LogP contribution is -2.13. The van der Waals surface area contributed by atoms with Crippen LogP contribution in [0.3, 0.4) is 0 Å². The van der Waals surface area contributed by atoms with Crippen LogP contribution in [0.1, 0.15) is 48.8 Å². The molecule has 0 atom stereocenters. The second-order valence-corrected chi connectivity index (χ2v) is 6.87. The largest absolute Gasteiger partial charge is 0.464 e. The molecule has 0 unspecified atom stereocenters. The molecule has 1 fully saturated rings. The van der Waals surface area contributed by atoms with E-state index in [0.717, 1.165) is 11.6 Å². The van der Waals surface area contributed by atoms with Crippen molar-refractivity contribution in [3.63, 3.8) is 0 Å². The quantitative estimate of drug-likeness (QED) is 0.790. The van der Waals surface area contributed by atoms with E-state index < -0.39 is 0 Å². The molecule has 1 heterocycles. The van der Waals surface area contributed by atoms with Gasteiger partial charge in [0.2, 0.25) is 0 Å². The van der Waals surface area contributed by atoms with Crippen LogP contribution in [-0.4, -0.2) is 22.9 Å². The van der Waals surface area contributed by atoms with E-state index in [-0.39, 0.29) is 5.97 Å². The highest BCUT2D eigenvalue weighted by atomic mass is 32.2. The van der Waals surface area contributed by atoms with Gasteiger partial charge in [0, 0.05) is 22.9 Å². The van der Waals surface area contributed by atoms with Crippen LogP contribution in [-0.2, 0) is 11.8 Å². The zero-order valence-corrected chi connectivity index (χ0v) is 13.0. The van der Waals surface area contributed by atoms with Crippen molar-refractivity contribution >= 4 is 17.7 Å². The molecule has 19 heavy (non-hydrogen) atoms. The summed E-state index contributed by atoms with van der Waals surface area (Å²) < 4.78 is 6.75. The third-order valence-electron chi connectivity index (χ3n) is 4.14. The molecule has 0 amide bonds. The molecule has 0 saturated heterocycles. The Hall–Kier alpha value is -0.900. The summed E-state index contributed by atoms with van der Waals surface area (Å²) in [6, 6.07) is 1.98. The molecule has 2 rings (SSSR count). The SMILES string of the molecule is COC(=O)c1cc(SC2CCC(C)CC2)c(C)n1C. The van der Waals surface area contributed by atoms with E-state index in [1.165, 1.54) is 37.7 Å². The average molecular weight is 281 g/mol. The number of hydrogen-bond acceptors (Lipinski definition) is 3. The highest BCUT2D eigenvalue weighted by Gasteiger charge is 2.22. The predicted molar refractivity (Wildman–Crippen MR) is 78.8 cm³/mol. The zero-order valence-electron chi connectivity index (χ0n) is 12.2. The highest BCUT2D eigenvalue weighted by molar-refractivity contribution is 8.00. The third-order valence-corrected chi connectivity index (χ3v) is 5.61. The van der Waals surface area contributed by atoms with Gasteiger partial charge in [0.25, 0.3) is 0 Å². The molecule has 1 aromatic heterocycles. The fraction of sp³-hybridized carbons (Fsp3) is 0.667. The molecule has 1 saturated carbocycles. The van der Waals surface area contributed by atoms with E-state index in [1.54, 1.807) is 0 Å². The van der Waals surface area contributed by atoms with E-state index in [2.05, 4.69) is 13.8 Å². The number of esters is 1. The summed E-state index contributed by atoms with van der Waals surface area (Å²) in [5.74, 6) is 0.620. The lowest BCUT2D eigenvalue weighted by Gasteiger charge is -2.25. The summed E-state index contributed by atoms with van der Waals surface area (Å²) in [7, 11) is 3.36. The van der Waals surface area contributed by atoms with Gasteiger partial charge in [0.15, 0.2) is 0 Å². The van der Waals surface area contributed by atoms with Crippen LogP contribution in [0.2, 0.25) is 0 Å². The van der Waals surface area contributed by atoms with Crippen molar-refractivity contribution in [2.45, 2.75) is 49.7 Å². The Morgan fingerprint density at radius 3 is 2.58 bits per heavy atom. The second kappa shape index (κ2) is 6.04. The molecule has 1 aromatic rings. The first-order valence-corrected chi connectivity index (χ1v) is 7.82. The molecular formula is C15H23NO2S. The molecule has 1 aliphatic carbocycles. The summed E-state index contributed by atoms with van der Waals surface area (Å²) in [6.07, 6.45) is 5.22. The lowest BCUT2D eigenvalue weighted by molar-refractivity contribution is 0.0589. The average Bonchev–Trinajstić information content (AvgIpc) is 2.69. The van der Waals surface area contributed by atoms with Gasteiger partial charge in [-0.1, -0.05) is 6.92 Å². The summed E-state index contributed by atoms with van der Waals surface area (Å²) in [6.45, 7) is 4.41. The van der Waals surface area contributed by atoms with E-state index >= 15 is 0 Å². The van der Waals surface area contributed by atoms with Crippen molar-refractivity contribution in [3.05, 3.63) is 17.5 Å². The summed E-state index contributed by atoms with van der Waals surface area (Å²) in [5, 5.41) is 0.697. The Labute approximate surface area is 119 Å². The minimum Gasteiger partial charge on any atom is -0.464 e. The highest BCUT2D eigenvalue weighted by Crippen LogP contribution is 2.37. The number of thioether (sulfide) groups is 1. The molecular weight excluding hydrogens is 258 g/mol. The molecule has 0 N–H and O–H groups in total. The van der Waals surface area contributed by atoms with E-state index in [4.69, 9.17) is 4.74 Å². The molecule has 4 heteroatoms. The number of nitrogens with zero attached hydrogens (tertiary/aromatic N) is 1. The minimum atomic E-state index is -0.255. The van der Waals surface area contributed by atoms with Crippen molar-refractivity contribution in [1.82, 2.24) is 4.57 Å². The van der Waals surface area contributed by atoms with Crippen LogP contribution in [0.25, 0.3) is 0 Å². The minimum absolute atomic E-state index is 0.255. The standard InChI is InChI=1S/C15H23NO2S/c1-10-5-7-12(8-6-10)19-14-9-13(15(17)18-4)16(3)11(14)2/h9-10,12H,5-8H2,1-4H3. The van der Waals surface area contributed by atoms with Crippen molar-refractivity contribution in [1.29, 1.82) is 0 Å². The number of hydrogen-bond donors (Lipinski definition) is 0. The monoisotopic (exact) mass is 281 g/mol. The Balaban J connectivity index is 2.10. The molecule has 0 aliphatic heterocycles. The lowest BCUT2D eigenvalue weighted by atomic mass is 9.91. The summed E-state index contributed by atoms with van der Waals surface area (Å²) in [4.78, 5) is 12.9. The van der Waals surface area contributed by atoms with Crippen LogP contribution < -0.4 is 0 Å². The maximum Gasteiger partial charge on any atom is 0.354 e. The van der Waals surface area contributed by atoms with Crippen molar-refractivity contribution < 1.29 is 9.53 Å². The first-order valence-electron chi connectivity index (χ1n) is 6.94. The first kappa shape index (κ1) is 14.5. The van der Waals surface area contributed by atoms with Crippen LogP contribution in [0.15, 0.2) is 11.0 Å². The van der Waals surface area contributed by atoms with E-state index in [1.807, 2.05) is 29.4 Å². The summed E-state index contributed by atoms with van der Waals surface area (Å²) in [5.41, 5.74) is 1.80. The maximum absolute atomic E-state index is 11.7. The van der Waals surface area contributed by atoms with Gasteiger partial charge >= 0.3 is 5.97 Å². The summed E-state index contributed by atoms with van der Waals surface area (Å²) >= 11 is 1.93. The number of rotatable bonds is 3. The third kappa shape index (κ3) is 3.16. The van der Waals surface area contributed by atoms with Crippen LogP contribution in [0.5, 0.6) is 0 Å². The normalized spacial score (nSPS) is 23.4. The van der Waals surface area contributed by atoms with E-state index in [0.29, 0.717) is 10.9 Å². The molecule has 1 aliphatic rings. The van der Waals surface area contributed by atoms with Gasteiger partial charge in [0.05, 0.1) is 7.11 Å². The topological polar surface area (TPSA) is 31.2 Å². The number of aromatic nitrogens is 1. The molecule has 106 valence electrons. The zero-order chi connectivity index (χ0) is 14.0. The number of carbonyl (C=O) groups is 1. The van der Waals surface area contributed by atoms with Crippen molar-refractivity contribution in [2.24, 2.45) is 13.0 Å². The number of carbonyl (C=O) groups excluding carboxylic acids is 1. The van der Waals surface area contributed by atoms with Crippen LogP contribution in [0.4, 0.5) is 0 Å². The van der Waals surface area contributed by atoms with Gasteiger partial charge in [-0.25, -0.2) is 4.79 Å². The molecule has 0 aromatic carbocycles. The molecule has 0 radical (unpaired) electrons. The Morgan fingerprint density at radius 1 is 1.37 bits per heavy atom.